The lowest BCUT2D eigenvalue weighted by molar-refractivity contribution is 0.220. The molecule has 6 nitrogen and oxygen atoms in total. The third kappa shape index (κ3) is 6.77. The highest BCUT2D eigenvalue weighted by molar-refractivity contribution is 14.0. The Bertz CT molecular complexity index is 736. The molecule has 0 unspecified atom stereocenters. The summed E-state index contributed by atoms with van der Waals surface area (Å²) in [5.74, 6) is 0.839. The third-order valence-corrected chi connectivity index (χ3v) is 5.07. The molecule has 2 aromatic rings. The fourth-order valence-corrected chi connectivity index (χ4v) is 3.48. The fraction of sp³-hybridized carbons (Fsp3) is 0.524. The minimum absolute atomic E-state index is 0. The van der Waals surface area contributed by atoms with Crippen LogP contribution >= 0.6 is 24.0 Å². The van der Waals surface area contributed by atoms with E-state index >= 15 is 0 Å². The number of likely N-dealkylation sites (tertiary alicyclic amines) is 1. The summed E-state index contributed by atoms with van der Waals surface area (Å²) in [5.41, 5.74) is 3.83. The van der Waals surface area contributed by atoms with Crippen LogP contribution < -0.4 is 10.6 Å². The van der Waals surface area contributed by atoms with Crippen LogP contribution in [0.4, 0.5) is 0 Å². The van der Waals surface area contributed by atoms with E-state index in [4.69, 9.17) is 4.99 Å². The van der Waals surface area contributed by atoms with Crippen molar-refractivity contribution in [3.63, 3.8) is 0 Å². The number of halogens is 1. The van der Waals surface area contributed by atoms with Crippen LogP contribution in [0.3, 0.4) is 0 Å². The molecule has 1 aromatic carbocycles. The monoisotopic (exact) mass is 496 g/mol. The van der Waals surface area contributed by atoms with Crippen molar-refractivity contribution < 1.29 is 0 Å². The van der Waals surface area contributed by atoms with Gasteiger partial charge >= 0.3 is 0 Å². The summed E-state index contributed by atoms with van der Waals surface area (Å²) < 4.78 is 1.88. The fourth-order valence-electron chi connectivity index (χ4n) is 3.48. The topological polar surface area (TPSA) is 57.5 Å². The highest BCUT2D eigenvalue weighted by atomic mass is 127. The average Bonchev–Trinajstić information content (AvgIpc) is 3.11. The lowest BCUT2D eigenvalue weighted by atomic mass is 10.1. The molecule has 0 atom stereocenters. The van der Waals surface area contributed by atoms with Crippen LogP contribution in [0.25, 0.3) is 0 Å². The molecule has 1 aromatic heterocycles. The number of piperidine rings is 1. The van der Waals surface area contributed by atoms with Gasteiger partial charge in [0.05, 0.1) is 18.8 Å². The molecule has 2 heterocycles. The highest BCUT2D eigenvalue weighted by Crippen LogP contribution is 2.16. The van der Waals surface area contributed by atoms with Gasteiger partial charge in [0.25, 0.3) is 0 Å². The summed E-state index contributed by atoms with van der Waals surface area (Å²) >= 11 is 0. The number of hydrogen-bond donors (Lipinski definition) is 2. The standard InChI is InChI=1S/C21H32N6.HI/c1-3-22-21(24-16-20-11-12-25-26(20)2)23-15-18-9-5-6-10-19(18)17-27-13-7-4-8-14-27;/h5-6,9-12H,3-4,7-8,13-17H2,1-2H3,(H2,22,23,24);1H. The number of aryl methyl sites for hydroxylation is 1. The Morgan fingerprint density at radius 3 is 2.50 bits per heavy atom. The molecule has 1 aliphatic rings. The Hall–Kier alpha value is -1.61. The van der Waals surface area contributed by atoms with Crippen LogP contribution in [0.2, 0.25) is 0 Å². The lowest BCUT2D eigenvalue weighted by Gasteiger charge is -2.27. The Morgan fingerprint density at radius 2 is 1.82 bits per heavy atom. The first-order valence-electron chi connectivity index (χ1n) is 10.0. The number of benzene rings is 1. The number of guanidine groups is 1. The number of aromatic nitrogens is 2. The van der Waals surface area contributed by atoms with Gasteiger partial charge in [-0.05, 0) is 50.0 Å². The third-order valence-electron chi connectivity index (χ3n) is 5.07. The second-order valence-electron chi connectivity index (χ2n) is 7.10. The number of nitrogens with one attached hydrogen (secondary N) is 2. The van der Waals surface area contributed by atoms with Crippen LogP contribution in [0.5, 0.6) is 0 Å². The van der Waals surface area contributed by atoms with Crippen LogP contribution in [-0.2, 0) is 26.7 Å². The van der Waals surface area contributed by atoms with Crippen molar-refractivity contribution in [3.8, 4) is 0 Å². The zero-order valence-corrected chi connectivity index (χ0v) is 19.4. The Kier molecular flexibility index (Phi) is 9.77. The molecular formula is C21H33IN6. The minimum atomic E-state index is 0. The average molecular weight is 496 g/mol. The van der Waals surface area contributed by atoms with Gasteiger partial charge in [-0.3, -0.25) is 9.58 Å². The zero-order chi connectivity index (χ0) is 18.9. The molecule has 0 aliphatic carbocycles. The molecule has 28 heavy (non-hydrogen) atoms. The van der Waals surface area contributed by atoms with Gasteiger partial charge in [-0.1, -0.05) is 30.7 Å². The normalized spacial score (nSPS) is 15.1. The molecule has 1 saturated heterocycles. The maximum atomic E-state index is 4.81. The van der Waals surface area contributed by atoms with Gasteiger partial charge in [-0.25, -0.2) is 4.99 Å². The quantitative estimate of drug-likeness (QED) is 0.351. The second kappa shape index (κ2) is 12.1. The molecule has 1 fully saturated rings. The number of hydrogen-bond acceptors (Lipinski definition) is 3. The summed E-state index contributed by atoms with van der Waals surface area (Å²) in [6, 6.07) is 10.7. The van der Waals surface area contributed by atoms with Crippen LogP contribution in [-0.4, -0.2) is 40.3 Å². The van der Waals surface area contributed by atoms with E-state index in [2.05, 4.69) is 51.8 Å². The maximum Gasteiger partial charge on any atom is 0.191 e. The molecule has 0 saturated carbocycles. The summed E-state index contributed by atoms with van der Waals surface area (Å²) in [5, 5.41) is 10.9. The van der Waals surface area contributed by atoms with Gasteiger partial charge in [0, 0.05) is 26.3 Å². The van der Waals surface area contributed by atoms with Gasteiger partial charge in [-0.2, -0.15) is 5.10 Å². The van der Waals surface area contributed by atoms with Gasteiger partial charge < -0.3 is 10.6 Å². The smallest absolute Gasteiger partial charge is 0.191 e. The van der Waals surface area contributed by atoms with Gasteiger partial charge in [0.1, 0.15) is 0 Å². The summed E-state index contributed by atoms with van der Waals surface area (Å²) in [6.07, 6.45) is 5.83. The minimum Gasteiger partial charge on any atom is -0.357 e. The highest BCUT2D eigenvalue weighted by Gasteiger charge is 2.12. The van der Waals surface area contributed by atoms with Crippen molar-refractivity contribution in [2.45, 2.75) is 45.8 Å². The molecule has 0 amide bonds. The predicted molar refractivity (Wildman–Crippen MR) is 126 cm³/mol. The van der Waals surface area contributed by atoms with Crippen molar-refractivity contribution >= 4 is 29.9 Å². The van der Waals surface area contributed by atoms with Crippen LogP contribution in [0.15, 0.2) is 41.5 Å². The van der Waals surface area contributed by atoms with Gasteiger partial charge in [0.15, 0.2) is 5.96 Å². The van der Waals surface area contributed by atoms with E-state index in [1.807, 2.05) is 24.0 Å². The van der Waals surface area contributed by atoms with Crippen molar-refractivity contribution in [2.75, 3.05) is 19.6 Å². The number of rotatable bonds is 7. The molecule has 154 valence electrons. The first-order chi connectivity index (χ1) is 13.3. The van der Waals surface area contributed by atoms with Gasteiger partial charge in [0.2, 0.25) is 0 Å². The largest absolute Gasteiger partial charge is 0.357 e. The second-order valence-corrected chi connectivity index (χ2v) is 7.10. The molecular weight excluding hydrogens is 463 g/mol. The maximum absolute atomic E-state index is 4.81. The van der Waals surface area contributed by atoms with Crippen molar-refractivity contribution in [1.29, 1.82) is 0 Å². The first kappa shape index (κ1) is 22.7. The molecule has 0 spiro atoms. The predicted octanol–water partition coefficient (Wildman–Crippen LogP) is 3.28. The number of nitrogens with zero attached hydrogens (tertiary/aromatic N) is 4. The summed E-state index contributed by atoms with van der Waals surface area (Å²) in [6.45, 7) is 7.78. The van der Waals surface area contributed by atoms with E-state index in [9.17, 15) is 0 Å². The first-order valence-corrected chi connectivity index (χ1v) is 10.0. The Morgan fingerprint density at radius 1 is 1.07 bits per heavy atom. The van der Waals surface area contributed by atoms with E-state index in [1.54, 1.807) is 0 Å². The molecule has 2 N–H and O–H groups in total. The number of aliphatic imine (C=N–C) groups is 1. The molecule has 7 heteroatoms. The Labute approximate surface area is 185 Å². The van der Waals surface area contributed by atoms with E-state index < -0.39 is 0 Å². The lowest BCUT2D eigenvalue weighted by Crippen LogP contribution is -2.37. The van der Waals surface area contributed by atoms with E-state index in [1.165, 1.54) is 43.5 Å². The van der Waals surface area contributed by atoms with Crippen molar-refractivity contribution in [2.24, 2.45) is 12.0 Å². The molecule has 0 bridgehead atoms. The van der Waals surface area contributed by atoms with Gasteiger partial charge in [-0.15, -0.1) is 24.0 Å². The summed E-state index contributed by atoms with van der Waals surface area (Å²) in [4.78, 5) is 7.38. The van der Waals surface area contributed by atoms with Crippen molar-refractivity contribution in [3.05, 3.63) is 53.3 Å². The van der Waals surface area contributed by atoms with Crippen LogP contribution in [0.1, 0.15) is 43.0 Å². The van der Waals surface area contributed by atoms with E-state index in [-0.39, 0.29) is 24.0 Å². The van der Waals surface area contributed by atoms with Crippen molar-refractivity contribution in [1.82, 2.24) is 25.3 Å². The van der Waals surface area contributed by atoms with E-state index in [0.29, 0.717) is 13.1 Å². The van der Waals surface area contributed by atoms with E-state index in [0.717, 1.165) is 24.7 Å². The van der Waals surface area contributed by atoms with Crippen LogP contribution in [0, 0.1) is 0 Å². The SMILES string of the molecule is CCNC(=NCc1ccccc1CN1CCCCC1)NCc1ccnn1C.I. The molecule has 0 radical (unpaired) electrons. The Balaban J connectivity index is 0.00000280. The molecule has 3 rings (SSSR count). The molecule has 1 aliphatic heterocycles. The summed E-state index contributed by atoms with van der Waals surface area (Å²) in [7, 11) is 1.96. The zero-order valence-electron chi connectivity index (χ0n) is 17.0.